The maximum atomic E-state index is 10.5. The van der Waals surface area contributed by atoms with Crippen LogP contribution in [0.15, 0.2) is 48.5 Å². The third-order valence-corrected chi connectivity index (χ3v) is 7.90. The topological polar surface area (TPSA) is 29.5 Å². The number of hydrogen-bond donors (Lipinski definition) is 1. The maximum absolute atomic E-state index is 10.5. The molecule has 142 valence electrons. The Bertz CT molecular complexity index is 814. The van der Waals surface area contributed by atoms with Crippen LogP contribution in [-0.2, 0) is 13.0 Å². The van der Waals surface area contributed by atoms with E-state index in [9.17, 15) is 5.11 Å². The van der Waals surface area contributed by atoms with Crippen molar-refractivity contribution in [3.8, 4) is 5.75 Å². The normalized spacial score (nSPS) is 34.4. The Labute approximate surface area is 162 Å². The monoisotopic (exact) mass is 362 g/mol. The molecule has 1 N–H and O–H groups in total. The summed E-state index contributed by atoms with van der Waals surface area (Å²) in [6, 6.07) is 17.2. The summed E-state index contributed by atoms with van der Waals surface area (Å²) < 4.78 is 6.06. The smallest absolute Gasteiger partial charge is 0.120 e. The second-order valence-electron chi connectivity index (χ2n) is 9.19. The third kappa shape index (κ3) is 2.89. The van der Waals surface area contributed by atoms with Gasteiger partial charge in [0.2, 0.25) is 0 Å². The minimum absolute atomic E-state index is 0.0846. The highest BCUT2D eigenvalue weighted by atomic mass is 16.5. The highest BCUT2D eigenvalue weighted by molar-refractivity contribution is 5.41. The Balaban J connectivity index is 1.34. The first kappa shape index (κ1) is 17.3. The van der Waals surface area contributed by atoms with E-state index in [2.05, 4.69) is 49.4 Å². The molecule has 3 aliphatic rings. The van der Waals surface area contributed by atoms with E-state index in [-0.39, 0.29) is 11.5 Å². The van der Waals surface area contributed by atoms with Crippen LogP contribution in [0.3, 0.4) is 0 Å². The van der Waals surface area contributed by atoms with E-state index in [1.54, 1.807) is 5.56 Å². The Kier molecular flexibility index (Phi) is 4.27. The van der Waals surface area contributed by atoms with Crippen LogP contribution in [-0.4, -0.2) is 11.2 Å². The average Bonchev–Trinajstić information content (AvgIpc) is 3.01. The van der Waals surface area contributed by atoms with Crippen LogP contribution >= 0.6 is 0 Å². The van der Waals surface area contributed by atoms with Crippen molar-refractivity contribution in [2.75, 3.05) is 0 Å². The molecule has 0 aromatic heterocycles. The second-order valence-corrected chi connectivity index (χ2v) is 9.19. The number of aliphatic hydroxyl groups is 1. The second kappa shape index (κ2) is 6.67. The van der Waals surface area contributed by atoms with Crippen LogP contribution in [0.4, 0.5) is 0 Å². The maximum Gasteiger partial charge on any atom is 0.120 e. The lowest BCUT2D eigenvalue weighted by Gasteiger charge is -2.50. The fraction of sp³-hybridized carbons (Fsp3) is 0.520. The first-order chi connectivity index (χ1) is 13.1. The minimum Gasteiger partial charge on any atom is -0.489 e. The fourth-order valence-electron chi connectivity index (χ4n) is 6.36. The molecule has 0 radical (unpaired) electrons. The molecular weight excluding hydrogens is 332 g/mol. The average molecular weight is 363 g/mol. The van der Waals surface area contributed by atoms with E-state index >= 15 is 0 Å². The standard InChI is InChI=1S/C25H30O2/c1-25-14-13-21-20-10-8-19(27-16-17-5-3-2-4-6-17)15-18(20)7-9-22(21)23(25)11-12-24(25)26/h2-6,8,10,15,21-24,26H,7,9,11-14,16H2,1H3/t21-,22-,23+,24?,25+/m1/s1. The van der Waals surface area contributed by atoms with Crippen LogP contribution in [0.2, 0.25) is 0 Å². The van der Waals surface area contributed by atoms with Crippen LogP contribution in [0.1, 0.15) is 61.6 Å². The minimum atomic E-state index is -0.0846. The largest absolute Gasteiger partial charge is 0.489 e. The molecule has 3 aliphatic carbocycles. The summed E-state index contributed by atoms with van der Waals surface area (Å²) in [6.07, 6.45) is 6.96. The number of hydrogen-bond acceptors (Lipinski definition) is 2. The summed E-state index contributed by atoms with van der Waals surface area (Å²) in [5.41, 5.74) is 4.42. The molecule has 5 rings (SSSR count). The molecule has 5 atom stereocenters. The lowest BCUT2D eigenvalue weighted by Crippen LogP contribution is -2.43. The van der Waals surface area contributed by atoms with Crippen molar-refractivity contribution in [3.63, 3.8) is 0 Å². The quantitative estimate of drug-likeness (QED) is 0.783. The van der Waals surface area contributed by atoms with Crippen molar-refractivity contribution in [1.29, 1.82) is 0 Å². The fourth-order valence-corrected chi connectivity index (χ4v) is 6.36. The van der Waals surface area contributed by atoms with Crippen molar-refractivity contribution in [2.45, 2.75) is 64.1 Å². The van der Waals surface area contributed by atoms with E-state index in [0.717, 1.165) is 24.5 Å². The number of fused-ring (bicyclic) bond motifs is 5. The molecule has 0 heterocycles. The molecule has 0 spiro atoms. The number of benzene rings is 2. The molecule has 0 bridgehead atoms. The van der Waals surface area contributed by atoms with Crippen molar-refractivity contribution in [3.05, 3.63) is 65.2 Å². The van der Waals surface area contributed by atoms with Crippen LogP contribution in [0.5, 0.6) is 5.75 Å². The van der Waals surface area contributed by atoms with Gasteiger partial charge in [-0.25, -0.2) is 0 Å². The Hall–Kier alpha value is -1.80. The van der Waals surface area contributed by atoms with Crippen molar-refractivity contribution >= 4 is 0 Å². The summed E-state index contributed by atoms with van der Waals surface area (Å²) in [5.74, 6) is 3.13. The van der Waals surface area contributed by atoms with E-state index in [4.69, 9.17) is 4.74 Å². The van der Waals surface area contributed by atoms with E-state index < -0.39 is 0 Å². The summed E-state index contributed by atoms with van der Waals surface area (Å²) in [5, 5.41) is 10.5. The molecule has 2 saturated carbocycles. The SMILES string of the molecule is C[C@]12CC[C@@H]3c4ccc(OCc5ccccc5)cc4CC[C@H]3[C@@H]1CCC2O. The highest BCUT2D eigenvalue weighted by Crippen LogP contribution is 2.60. The number of rotatable bonds is 3. The molecule has 2 fully saturated rings. The number of aliphatic hydroxyl groups excluding tert-OH is 1. The van der Waals surface area contributed by atoms with Gasteiger partial charge >= 0.3 is 0 Å². The van der Waals surface area contributed by atoms with Gasteiger partial charge in [-0.05, 0) is 90.5 Å². The van der Waals surface area contributed by atoms with Gasteiger partial charge in [0.15, 0.2) is 0 Å². The summed E-state index contributed by atoms with van der Waals surface area (Å²) in [4.78, 5) is 0. The van der Waals surface area contributed by atoms with Crippen molar-refractivity contribution in [2.24, 2.45) is 17.3 Å². The lowest BCUT2D eigenvalue weighted by atomic mass is 9.55. The summed E-state index contributed by atoms with van der Waals surface area (Å²) in [6.45, 7) is 2.98. The Morgan fingerprint density at radius 2 is 1.89 bits per heavy atom. The van der Waals surface area contributed by atoms with E-state index in [0.29, 0.717) is 18.4 Å². The lowest BCUT2D eigenvalue weighted by molar-refractivity contribution is -0.0226. The van der Waals surface area contributed by atoms with Gasteiger partial charge in [-0.3, -0.25) is 0 Å². The Morgan fingerprint density at radius 1 is 1.04 bits per heavy atom. The van der Waals surface area contributed by atoms with Gasteiger partial charge in [-0.2, -0.15) is 0 Å². The Morgan fingerprint density at radius 3 is 2.74 bits per heavy atom. The molecule has 0 saturated heterocycles. The molecule has 1 unspecified atom stereocenters. The molecule has 2 aromatic carbocycles. The zero-order valence-corrected chi connectivity index (χ0v) is 16.2. The zero-order chi connectivity index (χ0) is 18.4. The van der Waals surface area contributed by atoms with Gasteiger partial charge in [-0.15, -0.1) is 0 Å². The first-order valence-electron chi connectivity index (χ1n) is 10.6. The summed E-state index contributed by atoms with van der Waals surface area (Å²) >= 11 is 0. The first-order valence-corrected chi connectivity index (χ1v) is 10.6. The molecule has 27 heavy (non-hydrogen) atoms. The van der Waals surface area contributed by atoms with Gasteiger partial charge in [0.05, 0.1) is 6.10 Å². The zero-order valence-electron chi connectivity index (χ0n) is 16.2. The van der Waals surface area contributed by atoms with Gasteiger partial charge in [0, 0.05) is 0 Å². The predicted octanol–water partition coefficient (Wildman–Crippen LogP) is 5.48. The van der Waals surface area contributed by atoms with Crippen LogP contribution in [0, 0.1) is 17.3 Å². The molecule has 2 aromatic rings. The summed E-state index contributed by atoms with van der Waals surface area (Å²) in [7, 11) is 0. The predicted molar refractivity (Wildman–Crippen MR) is 108 cm³/mol. The highest BCUT2D eigenvalue weighted by Gasteiger charge is 2.54. The van der Waals surface area contributed by atoms with Gasteiger partial charge in [0.25, 0.3) is 0 Å². The third-order valence-electron chi connectivity index (χ3n) is 7.90. The van der Waals surface area contributed by atoms with Gasteiger partial charge in [-0.1, -0.05) is 43.3 Å². The molecule has 2 heteroatoms. The number of aryl methyl sites for hydroxylation is 1. The van der Waals surface area contributed by atoms with E-state index in [1.807, 2.05) is 6.07 Å². The van der Waals surface area contributed by atoms with E-state index in [1.165, 1.54) is 36.8 Å². The van der Waals surface area contributed by atoms with Gasteiger partial charge < -0.3 is 9.84 Å². The molecular formula is C25H30O2. The van der Waals surface area contributed by atoms with Crippen molar-refractivity contribution < 1.29 is 9.84 Å². The van der Waals surface area contributed by atoms with Gasteiger partial charge in [0.1, 0.15) is 12.4 Å². The van der Waals surface area contributed by atoms with Crippen LogP contribution < -0.4 is 4.74 Å². The number of ether oxygens (including phenoxy) is 1. The van der Waals surface area contributed by atoms with Crippen LogP contribution in [0.25, 0.3) is 0 Å². The molecule has 0 amide bonds. The molecule has 2 nitrogen and oxygen atoms in total. The molecule has 0 aliphatic heterocycles. The van der Waals surface area contributed by atoms with Crippen molar-refractivity contribution in [1.82, 2.24) is 0 Å².